The first kappa shape index (κ1) is 15.6. The second-order valence-corrected chi connectivity index (χ2v) is 6.10. The minimum Gasteiger partial charge on any atom is -0.493 e. The molecule has 0 saturated heterocycles. The summed E-state index contributed by atoms with van der Waals surface area (Å²) in [6, 6.07) is 12.1. The van der Waals surface area contributed by atoms with Gasteiger partial charge in [-0.3, -0.25) is 9.69 Å². The van der Waals surface area contributed by atoms with Crippen LogP contribution in [0.3, 0.4) is 0 Å². The number of hydrogen-bond donors (Lipinski definition) is 0. The highest BCUT2D eigenvalue weighted by Crippen LogP contribution is 2.28. The Morgan fingerprint density at radius 3 is 2.96 bits per heavy atom. The second kappa shape index (κ2) is 6.20. The fourth-order valence-electron chi connectivity index (χ4n) is 3.03. The molecule has 0 fully saturated rings. The number of rotatable bonds is 3. The zero-order chi connectivity index (χ0) is 17.4. The van der Waals surface area contributed by atoms with Crippen LogP contribution in [0.5, 0.6) is 5.75 Å². The summed E-state index contributed by atoms with van der Waals surface area (Å²) in [4.78, 5) is 19.4. The number of carbonyl (C=O) groups excluding carboxylic acids is 1. The van der Waals surface area contributed by atoms with Crippen LogP contribution in [-0.2, 0) is 22.6 Å². The lowest BCUT2D eigenvalue weighted by Crippen LogP contribution is -2.46. The highest BCUT2D eigenvalue weighted by Gasteiger charge is 2.32. The topological polar surface area (TPSA) is 51.1 Å². The molecule has 1 atom stereocenters. The van der Waals surface area contributed by atoms with E-state index in [1.807, 2.05) is 18.2 Å². The number of carbonyl (C=O) groups is 1. The summed E-state index contributed by atoms with van der Waals surface area (Å²) in [7, 11) is 0. The van der Waals surface area contributed by atoms with E-state index in [-0.39, 0.29) is 18.3 Å². The number of nitrogens with zero attached hydrogens (tertiary/aromatic N) is 2. The second-order valence-electron chi connectivity index (χ2n) is 6.10. The van der Waals surface area contributed by atoms with Crippen LogP contribution in [0.1, 0.15) is 23.6 Å². The molecule has 128 valence electrons. The van der Waals surface area contributed by atoms with Gasteiger partial charge >= 0.3 is 0 Å². The summed E-state index contributed by atoms with van der Waals surface area (Å²) in [5.41, 5.74) is 2.25. The van der Waals surface area contributed by atoms with Gasteiger partial charge in [0.15, 0.2) is 5.84 Å². The predicted molar refractivity (Wildman–Crippen MR) is 89.7 cm³/mol. The first-order chi connectivity index (χ1) is 12.1. The summed E-state index contributed by atoms with van der Waals surface area (Å²) >= 11 is 0. The molecule has 6 heteroatoms. The summed E-state index contributed by atoms with van der Waals surface area (Å²) < 4.78 is 19.6. The van der Waals surface area contributed by atoms with E-state index in [9.17, 15) is 9.18 Å². The number of halogens is 1. The van der Waals surface area contributed by atoms with Crippen molar-refractivity contribution in [3.8, 4) is 5.75 Å². The van der Waals surface area contributed by atoms with Crippen molar-refractivity contribution < 1.29 is 18.8 Å². The molecule has 2 aliphatic heterocycles. The van der Waals surface area contributed by atoms with E-state index in [4.69, 9.17) is 9.57 Å². The molecular weight excluding hydrogens is 323 g/mol. The summed E-state index contributed by atoms with van der Waals surface area (Å²) in [5.74, 6) is 0.642. The van der Waals surface area contributed by atoms with Gasteiger partial charge < -0.3 is 9.57 Å². The van der Waals surface area contributed by atoms with Crippen LogP contribution in [0.25, 0.3) is 0 Å². The highest BCUT2D eigenvalue weighted by molar-refractivity contribution is 6.09. The van der Waals surface area contributed by atoms with Crippen LogP contribution in [0.2, 0.25) is 0 Å². The maximum Gasteiger partial charge on any atom is 0.272 e. The predicted octanol–water partition coefficient (Wildman–Crippen LogP) is 2.87. The molecule has 0 bridgehead atoms. The van der Waals surface area contributed by atoms with Crippen LogP contribution in [0.4, 0.5) is 4.39 Å². The van der Waals surface area contributed by atoms with Crippen molar-refractivity contribution in [2.75, 3.05) is 6.61 Å². The van der Waals surface area contributed by atoms with E-state index >= 15 is 0 Å². The Kier molecular flexibility index (Phi) is 3.87. The van der Waals surface area contributed by atoms with Gasteiger partial charge in [-0.15, -0.1) is 0 Å². The molecule has 2 aromatic rings. The minimum atomic E-state index is -0.701. The minimum absolute atomic E-state index is 0.103. The van der Waals surface area contributed by atoms with Gasteiger partial charge in [0.25, 0.3) is 5.91 Å². The molecule has 0 saturated carbocycles. The standard InChI is InChI=1S/C19H17FN2O3/c1-12-19(23)22(11-15-4-2-3-5-16(15)20)18(21-25-12)14-6-7-17-13(10-14)8-9-24-17/h2-7,10,12H,8-9,11H2,1H3. The van der Waals surface area contributed by atoms with Crippen molar-refractivity contribution in [2.24, 2.45) is 5.16 Å². The highest BCUT2D eigenvalue weighted by atomic mass is 19.1. The van der Waals surface area contributed by atoms with E-state index in [0.29, 0.717) is 18.0 Å². The van der Waals surface area contributed by atoms with Crippen LogP contribution in [0, 0.1) is 5.82 Å². The number of amides is 1. The molecule has 0 spiro atoms. The van der Waals surface area contributed by atoms with Crippen LogP contribution < -0.4 is 4.74 Å². The zero-order valence-corrected chi connectivity index (χ0v) is 13.7. The average Bonchev–Trinajstić information content (AvgIpc) is 3.08. The van der Waals surface area contributed by atoms with E-state index in [2.05, 4.69) is 5.16 Å². The van der Waals surface area contributed by atoms with Gasteiger partial charge in [-0.1, -0.05) is 23.4 Å². The molecule has 25 heavy (non-hydrogen) atoms. The molecule has 0 aromatic heterocycles. The average molecular weight is 340 g/mol. The van der Waals surface area contributed by atoms with E-state index < -0.39 is 6.10 Å². The van der Waals surface area contributed by atoms with Gasteiger partial charge in [0.05, 0.1) is 13.2 Å². The Bertz CT molecular complexity index is 865. The SMILES string of the molecule is CC1ON=C(c2ccc3c(c2)CCO3)N(Cc2ccccc2F)C1=O. The van der Waals surface area contributed by atoms with Crippen LogP contribution in [0.15, 0.2) is 47.6 Å². The Hall–Kier alpha value is -2.89. The molecule has 2 heterocycles. The van der Waals surface area contributed by atoms with E-state index in [1.54, 1.807) is 25.1 Å². The number of oxime groups is 1. The third-order valence-corrected chi connectivity index (χ3v) is 4.40. The number of fused-ring (bicyclic) bond motifs is 1. The number of hydrogen-bond acceptors (Lipinski definition) is 4. The molecule has 1 amide bonds. The molecular formula is C19H17FN2O3. The van der Waals surface area contributed by atoms with Crippen molar-refractivity contribution in [1.82, 2.24) is 4.90 Å². The monoisotopic (exact) mass is 340 g/mol. The van der Waals surface area contributed by atoms with Gasteiger partial charge in [0, 0.05) is 17.5 Å². The van der Waals surface area contributed by atoms with Gasteiger partial charge in [-0.25, -0.2) is 4.39 Å². The number of amidine groups is 1. The summed E-state index contributed by atoms with van der Waals surface area (Å²) in [6.07, 6.45) is 0.114. The fourth-order valence-corrected chi connectivity index (χ4v) is 3.03. The molecule has 4 rings (SSSR count). The molecule has 2 aromatic carbocycles. The lowest BCUT2D eigenvalue weighted by Gasteiger charge is -2.30. The Balaban J connectivity index is 1.71. The van der Waals surface area contributed by atoms with Gasteiger partial charge in [0.1, 0.15) is 11.6 Å². The normalized spacial score (nSPS) is 19.1. The Morgan fingerprint density at radius 2 is 2.12 bits per heavy atom. The molecule has 5 nitrogen and oxygen atoms in total. The van der Waals surface area contributed by atoms with Crippen LogP contribution >= 0.6 is 0 Å². The zero-order valence-electron chi connectivity index (χ0n) is 13.7. The Morgan fingerprint density at radius 1 is 1.28 bits per heavy atom. The maximum absolute atomic E-state index is 14.1. The molecule has 0 N–H and O–H groups in total. The fraction of sp³-hybridized carbons (Fsp3) is 0.263. The van der Waals surface area contributed by atoms with Crippen molar-refractivity contribution in [3.63, 3.8) is 0 Å². The maximum atomic E-state index is 14.1. The smallest absolute Gasteiger partial charge is 0.272 e. The van der Waals surface area contributed by atoms with Crippen LogP contribution in [-0.4, -0.2) is 29.4 Å². The summed E-state index contributed by atoms with van der Waals surface area (Å²) in [6.45, 7) is 2.38. The molecule has 0 radical (unpaired) electrons. The molecule has 1 unspecified atom stereocenters. The number of benzene rings is 2. The van der Waals surface area contributed by atoms with Crippen molar-refractivity contribution >= 4 is 11.7 Å². The van der Waals surface area contributed by atoms with Gasteiger partial charge in [-0.2, -0.15) is 0 Å². The van der Waals surface area contributed by atoms with Crippen molar-refractivity contribution in [2.45, 2.75) is 26.0 Å². The Labute approximate surface area is 144 Å². The van der Waals surface area contributed by atoms with E-state index in [0.717, 1.165) is 23.3 Å². The third-order valence-electron chi connectivity index (χ3n) is 4.40. The van der Waals surface area contributed by atoms with E-state index in [1.165, 1.54) is 11.0 Å². The largest absolute Gasteiger partial charge is 0.493 e. The van der Waals surface area contributed by atoms with Crippen molar-refractivity contribution in [3.05, 3.63) is 65.0 Å². The molecule has 2 aliphatic rings. The van der Waals surface area contributed by atoms with Gasteiger partial charge in [-0.05, 0) is 36.8 Å². The lowest BCUT2D eigenvalue weighted by molar-refractivity contribution is -0.142. The lowest BCUT2D eigenvalue weighted by atomic mass is 10.1. The number of ether oxygens (including phenoxy) is 1. The third kappa shape index (κ3) is 2.84. The molecule has 0 aliphatic carbocycles. The summed E-state index contributed by atoms with van der Waals surface area (Å²) in [5, 5.41) is 4.12. The first-order valence-corrected chi connectivity index (χ1v) is 8.18. The quantitative estimate of drug-likeness (QED) is 0.863. The van der Waals surface area contributed by atoms with Gasteiger partial charge in [0.2, 0.25) is 6.10 Å². The van der Waals surface area contributed by atoms with Crippen molar-refractivity contribution in [1.29, 1.82) is 0 Å². The first-order valence-electron chi connectivity index (χ1n) is 8.18.